The van der Waals surface area contributed by atoms with Gasteiger partial charge in [-0.1, -0.05) is 0 Å². The molecule has 21 heavy (non-hydrogen) atoms. The smallest absolute Gasteiger partial charge is 0.244 e. The van der Waals surface area contributed by atoms with Crippen molar-refractivity contribution >= 4 is 5.91 Å². The van der Waals surface area contributed by atoms with E-state index in [0.29, 0.717) is 12.5 Å². The van der Waals surface area contributed by atoms with Crippen LogP contribution < -0.4 is 0 Å². The molecule has 6 nitrogen and oxygen atoms in total. The van der Waals surface area contributed by atoms with Crippen LogP contribution in [-0.2, 0) is 20.8 Å². The molecule has 2 aliphatic heterocycles. The quantitative estimate of drug-likeness (QED) is 0.810. The first kappa shape index (κ1) is 14.5. The van der Waals surface area contributed by atoms with Crippen LogP contribution in [-0.4, -0.2) is 59.6 Å². The molecule has 116 valence electrons. The molecule has 6 heteroatoms. The number of rotatable bonds is 5. The van der Waals surface area contributed by atoms with Gasteiger partial charge in [0, 0.05) is 39.2 Å². The third-order valence-electron chi connectivity index (χ3n) is 4.54. The van der Waals surface area contributed by atoms with Crippen molar-refractivity contribution in [2.24, 2.45) is 5.92 Å². The van der Waals surface area contributed by atoms with Gasteiger partial charge >= 0.3 is 0 Å². The molecular formula is C15H23N3O3. The average Bonchev–Trinajstić information content (AvgIpc) is 3.20. The molecular weight excluding hydrogens is 270 g/mol. The fourth-order valence-electron chi connectivity index (χ4n) is 3.38. The zero-order valence-electron chi connectivity index (χ0n) is 12.5. The van der Waals surface area contributed by atoms with Crippen LogP contribution in [0.25, 0.3) is 0 Å². The zero-order chi connectivity index (χ0) is 14.7. The van der Waals surface area contributed by atoms with Gasteiger partial charge in [0.05, 0.1) is 12.2 Å². The van der Waals surface area contributed by atoms with E-state index in [1.807, 2.05) is 17.2 Å². The van der Waals surface area contributed by atoms with E-state index < -0.39 is 0 Å². The molecule has 3 heterocycles. The molecule has 0 unspecified atom stereocenters. The minimum absolute atomic E-state index is 0.113. The summed E-state index contributed by atoms with van der Waals surface area (Å²) in [5, 5.41) is 4.09. The molecule has 2 fully saturated rings. The van der Waals surface area contributed by atoms with Crippen molar-refractivity contribution in [1.82, 2.24) is 14.7 Å². The van der Waals surface area contributed by atoms with Crippen LogP contribution >= 0.6 is 0 Å². The Hall–Kier alpha value is -1.40. The minimum atomic E-state index is -0.113. The number of aromatic nitrogens is 2. The summed E-state index contributed by atoms with van der Waals surface area (Å²) in [5.74, 6) is 0.686. The van der Waals surface area contributed by atoms with Crippen molar-refractivity contribution < 1.29 is 14.3 Å². The highest BCUT2D eigenvalue weighted by Gasteiger charge is 2.46. The second-order valence-electron chi connectivity index (χ2n) is 6.11. The third-order valence-corrected chi connectivity index (χ3v) is 4.54. The van der Waals surface area contributed by atoms with Crippen LogP contribution in [0.15, 0.2) is 18.5 Å². The van der Waals surface area contributed by atoms with Crippen LogP contribution in [0.1, 0.15) is 19.3 Å². The fourth-order valence-corrected chi connectivity index (χ4v) is 3.38. The number of hydrogen-bond acceptors (Lipinski definition) is 4. The molecule has 2 atom stereocenters. The van der Waals surface area contributed by atoms with E-state index in [0.717, 1.165) is 45.6 Å². The summed E-state index contributed by atoms with van der Waals surface area (Å²) in [7, 11) is 1.73. The van der Waals surface area contributed by atoms with Crippen molar-refractivity contribution in [1.29, 1.82) is 0 Å². The Morgan fingerprint density at radius 2 is 2.48 bits per heavy atom. The number of nitrogens with zero attached hydrogens (tertiary/aromatic N) is 3. The first-order chi connectivity index (χ1) is 10.2. The molecule has 0 bridgehead atoms. The number of hydrogen-bond donors (Lipinski definition) is 0. The highest BCUT2D eigenvalue weighted by atomic mass is 16.5. The molecule has 2 aliphatic rings. The van der Waals surface area contributed by atoms with Crippen LogP contribution in [0, 0.1) is 5.92 Å². The lowest BCUT2D eigenvalue weighted by molar-refractivity contribution is -0.132. The molecule has 0 radical (unpaired) electrons. The van der Waals surface area contributed by atoms with Crippen LogP contribution in [0.5, 0.6) is 0 Å². The van der Waals surface area contributed by atoms with E-state index in [2.05, 4.69) is 5.10 Å². The number of likely N-dealkylation sites (tertiary alicyclic amines) is 1. The Morgan fingerprint density at radius 3 is 3.24 bits per heavy atom. The summed E-state index contributed by atoms with van der Waals surface area (Å²) in [6, 6.07) is 1.83. The van der Waals surface area contributed by atoms with Gasteiger partial charge in [0.2, 0.25) is 5.91 Å². The lowest BCUT2D eigenvalue weighted by Gasteiger charge is -2.23. The topological polar surface area (TPSA) is 56.6 Å². The molecule has 2 saturated heterocycles. The van der Waals surface area contributed by atoms with Gasteiger partial charge < -0.3 is 14.4 Å². The van der Waals surface area contributed by atoms with E-state index in [1.54, 1.807) is 18.0 Å². The standard InChI is InChI=1S/C15H23N3O3/c1-20-8-3-13-9-15(21-11-13)4-7-17(12-15)14(19)10-18-6-2-5-16-18/h2,5-6,13H,3-4,7-12H2,1H3/t13-,15-/m1/s1. The largest absolute Gasteiger partial charge is 0.385 e. The summed E-state index contributed by atoms with van der Waals surface area (Å²) >= 11 is 0. The van der Waals surface area contributed by atoms with Gasteiger partial charge in [-0.3, -0.25) is 9.48 Å². The minimum Gasteiger partial charge on any atom is -0.385 e. The zero-order valence-corrected chi connectivity index (χ0v) is 12.5. The summed E-state index contributed by atoms with van der Waals surface area (Å²) in [6.45, 7) is 3.40. The SMILES string of the molecule is COCC[C@H]1CO[C@]2(CCN(C(=O)Cn3cccn3)C2)C1. The second kappa shape index (κ2) is 6.15. The maximum atomic E-state index is 12.3. The predicted molar refractivity (Wildman–Crippen MR) is 76.7 cm³/mol. The molecule has 3 rings (SSSR count). The van der Waals surface area contributed by atoms with E-state index in [4.69, 9.17) is 9.47 Å². The third kappa shape index (κ3) is 3.27. The van der Waals surface area contributed by atoms with Crippen molar-refractivity contribution in [2.75, 3.05) is 33.4 Å². The summed E-state index contributed by atoms with van der Waals surface area (Å²) in [5.41, 5.74) is -0.113. The normalized spacial score (nSPS) is 28.6. The molecule has 1 aromatic heterocycles. The molecule has 1 amide bonds. The van der Waals surface area contributed by atoms with Gasteiger partial charge in [-0.05, 0) is 31.2 Å². The fraction of sp³-hybridized carbons (Fsp3) is 0.733. The van der Waals surface area contributed by atoms with Crippen molar-refractivity contribution in [3.8, 4) is 0 Å². The number of methoxy groups -OCH3 is 1. The molecule has 0 N–H and O–H groups in total. The molecule has 0 saturated carbocycles. The van der Waals surface area contributed by atoms with Gasteiger partial charge in [0.1, 0.15) is 6.54 Å². The van der Waals surface area contributed by atoms with Crippen LogP contribution in [0.3, 0.4) is 0 Å². The number of amides is 1. The van der Waals surface area contributed by atoms with Gasteiger partial charge in [0.25, 0.3) is 0 Å². The Morgan fingerprint density at radius 1 is 1.57 bits per heavy atom. The molecule has 0 aromatic carbocycles. The Bertz CT molecular complexity index is 477. The maximum Gasteiger partial charge on any atom is 0.244 e. The van der Waals surface area contributed by atoms with Gasteiger partial charge in [-0.25, -0.2) is 0 Å². The first-order valence-electron chi connectivity index (χ1n) is 7.59. The first-order valence-corrected chi connectivity index (χ1v) is 7.59. The maximum absolute atomic E-state index is 12.3. The summed E-state index contributed by atoms with van der Waals surface area (Å²) in [6.07, 6.45) is 6.54. The Kier molecular flexibility index (Phi) is 4.26. The highest BCUT2D eigenvalue weighted by Crippen LogP contribution is 2.39. The summed E-state index contributed by atoms with van der Waals surface area (Å²) in [4.78, 5) is 14.2. The highest BCUT2D eigenvalue weighted by molar-refractivity contribution is 5.76. The lowest BCUT2D eigenvalue weighted by Crippen LogP contribution is -2.37. The van der Waals surface area contributed by atoms with Crippen molar-refractivity contribution in [3.05, 3.63) is 18.5 Å². The lowest BCUT2D eigenvalue weighted by atomic mass is 9.92. The molecule has 0 aliphatic carbocycles. The molecule has 1 aromatic rings. The van der Waals surface area contributed by atoms with Crippen molar-refractivity contribution in [3.63, 3.8) is 0 Å². The number of ether oxygens (including phenoxy) is 2. The summed E-state index contributed by atoms with van der Waals surface area (Å²) < 4.78 is 12.9. The van der Waals surface area contributed by atoms with Crippen LogP contribution in [0.4, 0.5) is 0 Å². The predicted octanol–water partition coefficient (Wildman–Crippen LogP) is 0.927. The van der Waals surface area contributed by atoms with E-state index >= 15 is 0 Å². The second-order valence-corrected chi connectivity index (χ2v) is 6.11. The van der Waals surface area contributed by atoms with Gasteiger partial charge in [0.15, 0.2) is 0 Å². The average molecular weight is 293 g/mol. The van der Waals surface area contributed by atoms with E-state index in [-0.39, 0.29) is 11.5 Å². The van der Waals surface area contributed by atoms with Crippen LogP contribution in [0.2, 0.25) is 0 Å². The molecule has 1 spiro atoms. The van der Waals surface area contributed by atoms with E-state index in [1.165, 1.54) is 0 Å². The van der Waals surface area contributed by atoms with Gasteiger partial charge in [-0.15, -0.1) is 0 Å². The van der Waals surface area contributed by atoms with Gasteiger partial charge in [-0.2, -0.15) is 5.10 Å². The van der Waals surface area contributed by atoms with E-state index in [9.17, 15) is 4.79 Å². The van der Waals surface area contributed by atoms with Crippen molar-refractivity contribution in [2.45, 2.75) is 31.4 Å². The Labute approximate surface area is 125 Å². The Balaban J connectivity index is 1.52. The monoisotopic (exact) mass is 293 g/mol. The number of carbonyl (C=O) groups excluding carboxylic acids is 1. The number of carbonyl (C=O) groups is 1.